The van der Waals surface area contributed by atoms with E-state index in [4.69, 9.17) is 0 Å². The molecule has 2 aromatic carbocycles. The van der Waals surface area contributed by atoms with E-state index in [1.54, 1.807) is 6.08 Å². The van der Waals surface area contributed by atoms with E-state index in [1.807, 2.05) is 36.4 Å². The highest BCUT2D eigenvalue weighted by molar-refractivity contribution is 7.07. The van der Waals surface area contributed by atoms with Gasteiger partial charge in [-0.15, -0.1) is 17.9 Å². The number of alkyl halides is 2. The van der Waals surface area contributed by atoms with Crippen molar-refractivity contribution in [3.8, 4) is 11.8 Å². The molecule has 0 aliphatic heterocycles. The van der Waals surface area contributed by atoms with Crippen molar-refractivity contribution < 1.29 is 18.3 Å². The number of halogens is 2. The fraction of sp³-hybridized carbons (Fsp3) is 0.125. The Labute approximate surface area is 192 Å². The van der Waals surface area contributed by atoms with Gasteiger partial charge in [0.05, 0.1) is 11.1 Å². The smallest absolute Gasteiger partial charge is 0.387 e. The number of benzene rings is 2. The van der Waals surface area contributed by atoms with Crippen molar-refractivity contribution in [2.75, 3.05) is 6.54 Å². The molecule has 0 spiro atoms. The Kier molecular flexibility index (Phi) is 7.89. The molecular weight excluding hydrogens is 448 g/mol. The first-order valence-corrected chi connectivity index (χ1v) is 10.6. The summed E-state index contributed by atoms with van der Waals surface area (Å²) in [5.74, 6) is -0.616. The predicted molar refractivity (Wildman–Crippen MR) is 122 cm³/mol. The Hall–Kier alpha value is -4.03. The highest BCUT2D eigenvalue weighted by atomic mass is 32.1. The van der Waals surface area contributed by atoms with E-state index in [9.17, 15) is 23.6 Å². The second kappa shape index (κ2) is 11.0. The molecule has 0 aliphatic rings. The molecule has 6 nitrogen and oxygen atoms in total. The Morgan fingerprint density at radius 3 is 2.52 bits per heavy atom. The van der Waals surface area contributed by atoms with Gasteiger partial charge in [0.1, 0.15) is 16.5 Å². The first-order chi connectivity index (χ1) is 15.9. The number of rotatable bonds is 8. The molecule has 0 saturated heterocycles. The van der Waals surface area contributed by atoms with Crippen molar-refractivity contribution in [2.24, 2.45) is 0 Å². The quantitative estimate of drug-likeness (QED) is 0.516. The third kappa shape index (κ3) is 6.02. The van der Waals surface area contributed by atoms with Crippen LogP contribution in [0.25, 0.3) is 11.6 Å². The first kappa shape index (κ1) is 23.6. The molecule has 1 heterocycles. The maximum atomic E-state index is 13.2. The minimum Gasteiger partial charge on any atom is -0.435 e. The largest absolute Gasteiger partial charge is 0.435 e. The molecule has 0 radical (unpaired) electrons. The lowest BCUT2D eigenvalue weighted by atomic mass is 10.2. The van der Waals surface area contributed by atoms with Gasteiger partial charge in [-0.3, -0.25) is 14.2 Å². The van der Waals surface area contributed by atoms with E-state index in [1.165, 1.54) is 34.9 Å². The van der Waals surface area contributed by atoms with Crippen molar-refractivity contribution in [2.45, 2.75) is 13.2 Å². The zero-order valence-corrected chi connectivity index (χ0v) is 18.1. The lowest BCUT2D eigenvalue weighted by Crippen LogP contribution is -2.35. The number of hydrogen-bond acceptors (Lipinski definition) is 5. The lowest BCUT2D eigenvalue weighted by molar-refractivity contribution is -0.115. The van der Waals surface area contributed by atoms with Crippen LogP contribution < -0.4 is 24.8 Å². The predicted octanol–water partition coefficient (Wildman–Crippen LogP) is 2.36. The first-order valence-electron chi connectivity index (χ1n) is 9.76. The summed E-state index contributed by atoms with van der Waals surface area (Å²) in [6.07, 6.45) is 3.06. The second-order valence-electron chi connectivity index (χ2n) is 6.73. The molecule has 168 valence electrons. The fourth-order valence-corrected chi connectivity index (χ4v) is 4.06. The summed E-state index contributed by atoms with van der Waals surface area (Å²) in [6.45, 7) is 0.941. The van der Waals surface area contributed by atoms with Crippen LogP contribution in [-0.4, -0.2) is 23.6 Å². The van der Waals surface area contributed by atoms with Gasteiger partial charge in [-0.25, -0.2) is 0 Å². The number of thiazole rings is 1. The third-order valence-corrected chi connectivity index (χ3v) is 5.58. The van der Waals surface area contributed by atoms with Gasteiger partial charge in [-0.1, -0.05) is 48.5 Å². The van der Waals surface area contributed by atoms with E-state index in [0.717, 1.165) is 16.9 Å². The summed E-state index contributed by atoms with van der Waals surface area (Å²) < 4.78 is 30.9. The summed E-state index contributed by atoms with van der Waals surface area (Å²) in [7, 11) is 0. The van der Waals surface area contributed by atoms with Gasteiger partial charge in [0.2, 0.25) is 0 Å². The van der Waals surface area contributed by atoms with Crippen LogP contribution in [0.2, 0.25) is 0 Å². The number of nitrogens with one attached hydrogen (secondary N) is 1. The van der Waals surface area contributed by atoms with Gasteiger partial charge in [0.15, 0.2) is 5.57 Å². The van der Waals surface area contributed by atoms with Crippen molar-refractivity contribution in [3.63, 3.8) is 0 Å². The van der Waals surface area contributed by atoms with Crippen molar-refractivity contribution >= 4 is 28.9 Å². The molecule has 0 atom stereocenters. The maximum absolute atomic E-state index is 13.2. The zero-order valence-electron chi connectivity index (χ0n) is 17.3. The van der Waals surface area contributed by atoms with Crippen LogP contribution in [-0.2, 0) is 11.3 Å². The van der Waals surface area contributed by atoms with Crippen molar-refractivity contribution in [1.29, 1.82) is 5.26 Å². The fourth-order valence-electron chi connectivity index (χ4n) is 2.96. The van der Waals surface area contributed by atoms with E-state index in [-0.39, 0.29) is 39.2 Å². The standard InChI is InChI=1S/C24H19F2N3O3S/c1-2-12-28-21(30)19(14-27)23-29(15-17-6-4-3-5-7-17)22(31)20(33-23)13-16-8-10-18(11-9-16)32-24(25)26/h2-11,13,24H,1,12,15H2,(H,28,30)/b20-13-,23-19-. The molecule has 9 heteroatoms. The molecule has 0 unspecified atom stereocenters. The number of amides is 1. The minimum atomic E-state index is -2.93. The van der Waals surface area contributed by atoms with Gasteiger partial charge in [0, 0.05) is 6.54 Å². The minimum absolute atomic E-state index is 0.00510. The summed E-state index contributed by atoms with van der Waals surface area (Å²) >= 11 is 1.01. The van der Waals surface area contributed by atoms with Crippen LogP contribution >= 0.6 is 11.3 Å². The lowest BCUT2D eigenvalue weighted by Gasteiger charge is -2.04. The molecule has 3 rings (SSSR count). The molecular formula is C24H19F2N3O3S. The van der Waals surface area contributed by atoms with Gasteiger partial charge < -0.3 is 10.1 Å². The number of carbonyl (C=O) groups excluding carboxylic acids is 1. The Bertz CT molecular complexity index is 1360. The molecule has 0 aliphatic carbocycles. The number of nitriles is 1. The summed E-state index contributed by atoms with van der Waals surface area (Å²) in [4.78, 5) is 25.7. The summed E-state index contributed by atoms with van der Waals surface area (Å²) in [6, 6.07) is 16.9. The topological polar surface area (TPSA) is 84.1 Å². The Morgan fingerprint density at radius 2 is 1.91 bits per heavy atom. The average molecular weight is 467 g/mol. The van der Waals surface area contributed by atoms with Gasteiger partial charge in [0.25, 0.3) is 11.5 Å². The van der Waals surface area contributed by atoms with Crippen LogP contribution in [0.3, 0.4) is 0 Å². The van der Waals surface area contributed by atoms with Crippen LogP contribution in [0, 0.1) is 11.3 Å². The van der Waals surface area contributed by atoms with Crippen LogP contribution in [0.5, 0.6) is 5.75 Å². The van der Waals surface area contributed by atoms with Crippen LogP contribution in [0.4, 0.5) is 8.78 Å². The maximum Gasteiger partial charge on any atom is 0.387 e. The molecule has 1 aromatic heterocycles. The molecule has 0 bridgehead atoms. The normalized spacial score (nSPS) is 12.2. The molecule has 0 saturated carbocycles. The van der Waals surface area contributed by atoms with E-state index in [0.29, 0.717) is 5.56 Å². The van der Waals surface area contributed by atoms with E-state index < -0.39 is 12.5 Å². The molecule has 1 N–H and O–H groups in total. The van der Waals surface area contributed by atoms with Gasteiger partial charge in [-0.05, 0) is 29.3 Å². The third-order valence-electron chi connectivity index (χ3n) is 4.45. The molecule has 3 aromatic rings. The van der Waals surface area contributed by atoms with Gasteiger partial charge in [-0.2, -0.15) is 14.0 Å². The van der Waals surface area contributed by atoms with E-state index >= 15 is 0 Å². The molecule has 1 amide bonds. The average Bonchev–Trinajstić information content (AvgIpc) is 3.09. The molecule has 33 heavy (non-hydrogen) atoms. The summed E-state index contributed by atoms with van der Waals surface area (Å²) in [5.41, 5.74) is 0.830. The Balaban J connectivity index is 2.15. The number of nitrogens with zero attached hydrogens (tertiary/aromatic N) is 2. The number of hydrogen-bond donors (Lipinski definition) is 1. The number of aromatic nitrogens is 1. The Morgan fingerprint density at radius 1 is 1.21 bits per heavy atom. The van der Waals surface area contributed by atoms with E-state index in [2.05, 4.69) is 16.6 Å². The molecule has 0 fully saturated rings. The van der Waals surface area contributed by atoms with Crippen LogP contribution in [0.15, 0.2) is 72.0 Å². The highest BCUT2D eigenvalue weighted by Gasteiger charge is 2.15. The number of carbonyl (C=O) groups is 1. The summed E-state index contributed by atoms with van der Waals surface area (Å²) in [5, 5.41) is 12.2. The second-order valence-corrected chi connectivity index (χ2v) is 7.76. The monoisotopic (exact) mass is 467 g/mol. The van der Waals surface area contributed by atoms with Gasteiger partial charge >= 0.3 is 6.61 Å². The zero-order chi connectivity index (χ0) is 23.8. The number of ether oxygens (including phenoxy) is 1. The van der Waals surface area contributed by atoms with Crippen molar-refractivity contribution in [1.82, 2.24) is 9.88 Å². The van der Waals surface area contributed by atoms with Crippen LogP contribution in [0.1, 0.15) is 11.1 Å². The SMILES string of the molecule is C=CCNC(=O)/C(C#N)=c1\s/c(=C\c2ccc(OC(F)F)cc2)c(=O)n1Cc1ccccc1. The van der Waals surface area contributed by atoms with Crippen molar-refractivity contribution in [3.05, 3.63) is 97.9 Å². The highest BCUT2D eigenvalue weighted by Crippen LogP contribution is 2.15.